The minimum atomic E-state index is -0.454. The summed E-state index contributed by atoms with van der Waals surface area (Å²) in [6.45, 7) is 0. The number of methoxy groups -OCH3 is 1. The summed E-state index contributed by atoms with van der Waals surface area (Å²) >= 11 is 0. The van der Waals surface area contributed by atoms with Crippen molar-refractivity contribution < 1.29 is 14.8 Å². The van der Waals surface area contributed by atoms with Crippen LogP contribution < -0.4 is 4.74 Å². The Hall–Kier alpha value is -4.20. The number of phenols is 1. The minimum absolute atomic E-state index is 0.0118. The first-order valence-corrected chi connectivity index (χ1v) is 8.69. The Morgan fingerprint density at radius 2 is 1.90 bits per heavy atom. The number of nitro groups is 1. The minimum Gasteiger partial charge on any atom is -0.507 e. The van der Waals surface area contributed by atoms with Crippen molar-refractivity contribution in [1.29, 1.82) is 0 Å². The Morgan fingerprint density at radius 1 is 1.10 bits per heavy atom. The van der Waals surface area contributed by atoms with Gasteiger partial charge in [0.15, 0.2) is 0 Å². The molecular weight excluding hydrogens is 372 g/mol. The molecule has 2 aromatic carbocycles. The van der Waals surface area contributed by atoms with E-state index in [1.807, 2.05) is 18.2 Å². The van der Waals surface area contributed by atoms with E-state index in [4.69, 9.17) is 4.74 Å². The van der Waals surface area contributed by atoms with Crippen LogP contribution in [-0.2, 0) is 0 Å². The van der Waals surface area contributed by atoms with Gasteiger partial charge in [0, 0.05) is 41.7 Å². The van der Waals surface area contributed by atoms with Crippen molar-refractivity contribution >= 4 is 5.69 Å². The van der Waals surface area contributed by atoms with Crippen molar-refractivity contribution in [1.82, 2.24) is 14.8 Å². The van der Waals surface area contributed by atoms with Crippen LogP contribution in [0.25, 0.3) is 28.2 Å². The van der Waals surface area contributed by atoms with E-state index in [1.165, 1.54) is 25.3 Å². The van der Waals surface area contributed by atoms with Crippen LogP contribution in [-0.4, -0.2) is 31.9 Å². The molecule has 0 aliphatic heterocycles. The summed E-state index contributed by atoms with van der Waals surface area (Å²) in [5, 5.41) is 26.1. The van der Waals surface area contributed by atoms with E-state index in [9.17, 15) is 15.2 Å². The predicted octanol–water partition coefficient (Wildman–Crippen LogP) is 4.22. The van der Waals surface area contributed by atoms with Crippen LogP contribution in [0.4, 0.5) is 5.69 Å². The SMILES string of the molecule is COc1ccc(-c2cc(-c3cccnc3)nn2-c2ccc([N+](=O)[O-])cc2)c(O)c1. The Kier molecular flexibility index (Phi) is 4.66. The molecule has 4 rings (SSSR count). The van der Waals surface area contributed by atoms with Crippen LogP contribution in [0.3, 0.4) is 0 Å². The Balaban J connectivity index is 1.89. The Labute approximate surface area is 165 Å². The second kappa shape index (κ2) is 7.43. The summed E-state index contributed by atoms with van der Waals surface area (Å²) in [6.07, 6.45) is 3.37. The molecule has 144 valence electrons. The first-order chi connectivity index (χ1) is 14.1. The standard InChI is InChI=1S/C21H16N4O4/c1-29-17-8-9-18(21(26)11-17)20-12-19(14-3-2-10-22-13-14)23-24(20)15-4-6-16(7-5-15)25(27)28/h2-13,26H,1H3. The van der Waals surface area contributed by atoms with Crippen LogP contribution in [0.5, 0.6) is 11.5 Å². The fraction of sp³-hybridized carbons (Fsp3) is 0.0476. The van der Waals surface area contributed by atoms with E-state index < -0.39 is 4.92 Å². The predicted molar refractivity (Wildman–Crippen MR) is 107 cm³/mol. The lowest BCUT2D eigenvalue weighted by Gasteiger charge is -2.10. The molecule has 0 bridgehead atoms. The summed E-state index contributed by atoms with van der Waals surface area (Å²) < 4.78 is 6.79. The molecule has 0 spiro atoms. The highest BCUT2D eigenvalue weighted by molar-refractivity contribution is 5.74. The van der Waals surface area contributed by atoms with Gasteiger partial charge >= 0.3 is 0 Å². The number of benzene rings is 2. The van der Waals surface area contributed by atoms with Crippen molar-refractivity contribution in [3.63, 3.8) is 0 Å². The quantitative estimate of drug-likeness (QED) is 0.405. The van der Waals surface area contributed by atoms with Gasteiger partial charge < -0.3 is 9.84 Å². The van der Waals surface area contributed by atoms with E-state index in [2.05, 4.69) is 10.1 Å². The number of aromatic nitrogens is 3. The number of nitro benzene ring substituents is 1. The Morgan fingerprint density at radius 3 is 2.52 bits per heavy atom. The van der Waals surface area contributed by atoms with Gasteiger partial charge in [-0.2, -0.15) is 5.10 Å². The molecular formula is C21H16N4O4. The molecule has 0 aliphatic carbocycles. The lowest BCUT2D eigenvalue weighted by Crippen LogP contribution is -2.00. The average Bonchev–Trinajstić information content (AvgIpc) is 3.19. The fourth-order valence-corrected chi connectivity index (χ4v) is 3.00. The third kappa shape index (κ3) is 3.51. The normalized spacial score (nSPS) is 10.7. The first-order valence-electron chi connectivity index (χ1n) is 8.69. The van der Waals surface area contributed by atoms with E-state index in [0.717, 1.165) is 5.56 Å². The highest BCUT2D eigenvalue weighted by atomic mass is 16.6. The molecule has 0 saturated carbocycles. The summed E-state index contributed by atoms with van der Waals surface area (Å²) in [6, 6.07) is 16.6. The number of ether oxygens (including phenoxy) is 1. The van der Waals surface area contributed by atoms with Gasteiger partial charge in [0.25, 0.3) is 5.69 Å². The van der Waals surface area contributed by atoms with Crippen molar-refractivity contribution in [3.05, 3.63) is 83.2 Å². The molecule has 2 aromatic heterocycles. The lowest BCUT2D eigenvalue weighted by molar-refractivity contribution is -0.384. The van der Waals surface area contributed by atoms with Gasteiger partial charge in [-0.05, 0) is 42.5 Å². The van der Waals surface area contributed by atoms with E-state index in [-0.39, 0.29) is 11.4 Å². The molecule has 0 atom stereocenters. The lowest BCUT2D eigenvalue weighted by atomic mass is 10.1. The number of aromatic hydroxyl groups is 1. The smallest absolute Gasteiger partial charge is 0.269 e. The second-order valence-corrected chi connectivity index (χ2v) is 6.22. The second-order valence-electron chi connectivity index (χ2n) is 6.22. The van der Waals surface area contributed by atoms with Crippen LogP contribution in [0.1, 0.15) is 0 Å². The topological polar surface area (TPSA) is 103 Å². The summed E-state index contributed by atoms with van der Waals surface area (Å²) in [4.78, 5) is 14.6. The zero-order chi connectivity index (χ0) is 20.4. The number of rotatable bonds is 5. The Bertz CT molecular complexity index is 1170. The van der Waals surface area contributed by atoms with Gasteiger partial charge in [-0.25, -0.2) is 4.68 Å². The monoisotopic (exact) mass is 388 g/mol. The first kappa shape index (κ1) is 18.2. The molecule has 4 aromatic rings. The summed E-state index contributed by atoms with van der Waals surface area (Å²) in [7, 11) is 1.52. The maximum absolute atomic E-state index is 11.0. The van der Waals surface area contributed by atoms with E-state index >= 15 is 0 Å². The number of non-ortho nitro benzene ring substituents is 1. The number of pyridine rings is 1. The third-order valence-corrected chi connectivity index (χ3v) is 4.45. The zero-order valence-electron chi connectivity index (χ0n) is 15.4. The molecule has 1 N–H and O–H groups in total. The van der Waals surface area contributed by atoms with Gasteiger partial charge in [-0.3, -0.25) is 15.1 Å². The largest absolute Gasteiger partial charge is 0.507 e. The van der Waals surface area contributed by atoms with Crippen molar-refractivity contribution in [3.8, 4) is 39.7 Å². The molecule has 29 heavy (non-hydrogen) atoms. The van der Waals surface area contributed by atoms with Gasteiger partial charge in [0.05, 0.1) is 29.1 Å². The third-order valence-electron chi connectivity index (χ3n) is 4.45. The summed E-state index contributed by atoms with van der Waals surface area (Å²) in [5.74, 6) is 0.560. The van der Waals surface area contributed by atoms with Crippen molar-refractivity contribution in [2.45, 2.75) is 0 Å². The molecule has 8 nitrogen and oxygen atoms in total. The molecule has 0 aliphatic rings. The highest BCUT2D eigenvalue weighted by Crippen LogP contribution is 2.36. The molecule has 0 fully saturated rings. The molecule has 0 saturated heterocycles. The van der Waals surface area contributed by atoms with Crippen LogP contribution in [0, 0.1) is 10.1 Å². The van der Waals surface area contributed by atoms with E-state index in [0.29, 0.717) is 28.4 Å². The van der Waals surface area contributed by atoms with Crippen LogP contribution in [0.2, 0.25) is 0 Å². The maximum Gasteiger partial charge on any atom is 0.269 e. The molecule has 0 radical (unpaired) electrons. The number of hydrogen-bond acceptors (Lipinski definition) is 6. The maximum atomic E-state index is 11.0. The van der Waals surface area contributed by atoms with Crippen molar-refractivity contribution in [2.75, 3.05) is 7.11 Å². The van der Waals surface area contributed by atoms with Gasteiger partial charge in [-0.15, -0.1) is 0 Å². The van der Waals surface area contributed by atoms with Gasteiger partial charge in [-0.1, -0.05) is 0 Å². The average molecular weight is 388 g/mol. The van der Waals surface area contributed by atoms with Crippen LogP contribution >= 0.6 is 0 Å². The van der Waals surface area contributed by atoms with Gasteiger partial charge in [0.2, 0.25) is 0 Å². The molecule has 8 heteroatoms. The summed E-state index contributed by atoms with van der Waals surface area (Å²) in [5.41, 5.74) is 3.24. The number of nitrogens with zero attached hydrogens (tertiary/aromatic N) is 4. The molecule has 0 unspecified atom stereocenters. The van der Waals surface area contributed by atoms with Crippen LogP contribution in [0.15, 0.2) is 73.1 Å². The molecule has 2 heterocycles. The van der Waals surface area contributed by atoms with E-state index in [1.54, 1.807) is 41.3 Å². The molecule has 0 amide bonds. The number of phenolic OH excluding ortho intramolecular Hbond substituents is 1. The highest BCUT2D eigenvalue weighted by Gasteiger charge is 2.17. The van der Waals surface area contributed by atoms with Crippen molar-refractivity contribution in [2.24, 2.45) is 0 Å². The number of hydrogen-bond donors (Lipinski definition) is 1. The zero-order valence-corrected chi connectivity index (χ0v) is 15.4. The van der Waals surface area contributed by atoms with Gasteiger partial charge in [0.1, 0.15) is 11.5 Å². The fourth-order valence-electron chi connectivity index (χ4n) is 3.00.